The van der Waals surface area contributed by atoms with Gasteiger partial charge in [-0.2, -0.15) is 0 Å². The maximum Gasteiger partial charge on any atom is 0.130 e. The van der Waals surface area contributed by atoms with Crippen LogP contribution in [0.3, 0.4) is 0 Å². The number of benzene rings is 1. The molecule has 1 aromatic rings. The predicted molar refractivity (Wildman–Crippen MR) is 65.1 cm³/mol. The Morgan fingerprint density at radius 2 is 2.06 bits per heavy atom. The Balaban J connectivity index is 2.55. The van der Waals surface area contributed by atoms with Gasteiger partial charge in [-0.15, -0.1) is 0 Å². The summed E-state index contributed by atoms with van der Waals surface area (Å²) in [4.78, 5) is 0. The van der Waals surface area contributed by atoms with Crippen molar-refractivity contribution in [1.82, 2.24) is 0 Å². The fourth-order valence-corrected chi connectivity index (χ4v) is 2.03. The first-order valence-electron chi connectivity index (χ1n) is 5.78. The molecule has 16 heavy (non-hydrogen) atoms. The second kappa shape index (κ2) is 6.87. The van der Waals surface area contributed by atoms with Crippen LogP contribution in [0.15, 0.2) is 18.2 Å². The molecule has 0 aliphatic rings. The van der Waals surface area contributed by atoms with Crippen LogP contribution in [0, 0.1) is 5.82 Å². The molecule has 0 fully saturated rings. The molecule has 1 aromatic carbocycles. The Morgan fingerprint density at radius 3 is 2.69 bits per heavy atom. The highest BCUT2D eigenvalue weighted by Crippen LogP contribution is 2.29. The lowest BCUT2D eigenvalue weighted by atomic mass is 10.0. The van der Waals surface area contributed by atoms with Crippen LogP contribution in [0.2, 0.25) is 5.02 Å². The lowest BCUT2D eigenvalue weighted by Crippen LogP contribution is -2.01. The van der Waals surface area contributed by atoms with Crippen LogP contribution in [0.4, 0.5) is 4.39 Å². The number of unbranched alkanes of at least 4 members (excludes halogenated alkanes) is 3. The molecule has 0 saturated carbocycles. The van der Waals surface area contributed by atoms with Crippen molar-refractivity contribution in [3.05, 3.63) is 34.6 Å². The highest BCUT2D eigenvalue weighted by atomic mass is 35.5. The van der Waals surface area contributed by atoms with E-state index in [0.29, 0.717) is 11.4 Å². The van der Waals surface area contributed by atoms with Gasteiger partial charge in [0, 0.05) is 10.6 Å². The van der Waals surface area contributed by atoms with Crippen molar-refractivity contribution in [3.63, 3.8) is 0 Å². The van der Waals surface area contributed by atoms with Crippen molar-refractivity contribution in [2.24, 2.45) is 0 Å². The van der Waals surface area contributed by atoms with Gasteiger partial charge in [0.05, 0.1) is 6.10 Å². The van der Waals surface area contributed by atoms with Crippen molar-refractivity contribution in [2.45, 2.75) is 45.1 Å². The van der Waals surface area contributed by atoms with Crippen molar-refractivity contribution < 1.29 is 9.50 Å². The molecule has 1 nitrogen and oxygen atoms in total. The summed E-state index contributed by atoms with van der Waals surface area (Å²) in [6.07, 6.45) is 4.05. The van der Waals surface area contributed by atoms with Gasteiger partial charge in [0.2, 0.25) is 0 Å². The SMILES string of the molecule is CCCCCCC(O)c1c(F)cccc1Cl. The lowest BCUT2D eigenvalue weighted by molar-refractivity contribution is 0.159. The van der Waals surface area contributed by atoms with Crippen molar-refractivity contribution >= 4 is 11.6 Å². The number of halogens is 2. The third-order valence-corrected chi connectivity index (χ3v) is 2.99. The van der Waals surface area contributed by atoms with Gasteiger partial charge in [0.1, 0.15) is 5.82 Å². The molecule has 1 atom stereocenters. The summed E-state index contributed by atoms with van der Waals surface area (Å²) in [7, 11) is 0. The Hall–Kier alpha value is -0.600. The fourth-order valence-electron chi connectivity index (χ4n) is 1.74. The number of rotatable bonds is 6. The van der Waals surface area contributed by atoms with Gasteiger partial charge in [-0.3, -0.25) is 0 Å². The molecule has 0 spiro atoms. The summed E-state index contributed by atoms with van der Waals surface area (Å²) in [5.41, 5.74) is 0.237. The van der Waals surface area contributed by atoms with Crippen LogP contribution >= 0.6 is 11.6 Å². The second-order valence-electron chi connectivity index (χ2n) is 4.00. The fraction of sp³-hybridized carbons (Fsp3) is 0.538. The second-order valence-corrected chi connectivity index (χ2v) is 4.41. The smallest absolute Gasteiger partial charge is 0.130 e. The Labute approximate surface area is 101 Å². The summed E-state index contributed by atoms with van der Waals surface area (Å²) in [5.74, 6) is -0.421. The summed E-state index contributed by atoms with van der Waals surface area (Å²) in [5, 5.41) is 10.2. The maximum absolute atomic E-state index is 13.4. The molecule has 0 aliphatic heterocycles. The van der Waals surface area contributed by atoms with Gasteiger partial charge in [-0.05, 0) is 18.6 Å². The number of hydrogen-bond donors (Lipinski definition) is 1. The largest absolute Gasteiger partial charge is 0.388 e. The van der Waals surface area contributed by atoms with E-state index in [9.17, 15) is 9.50 Å². The quantitative estimate of drug-likeness (QED) is 0.732. The van der Waals surface area contributed by atoms with Gasteiger partial charge in [0.15, 0.2) is 0 Å². The Bertz CT molecular complexity index is 307. The van der Waals surface area contributed by atoms with E-state index in [1.165, 1.54) is 6.07 Å². The van der Waals surface area contributed by atoms with E-state index in [1.807, 2.05) is 0 Å². The topological polar surface area (TPSA) is 20.2 Å². The van der Waals surface area contributed by atoms with Crippen molar-refractivity contribution in [1.29, 1.82) is 0 Å². The minimum Gasteiger partial charge on any atom is -0.388 e. The molecule has 0 amide bonds. The molecule has 1 rings (SSSR count). The normalized spacial score (nSPS) is 12.8. The molecule has 0 aliphatic carbocycles. The van der Waals surface area contributed by atoms with Crippen LogP contribution in [-0.2, 0) is 0 Å². The van der Waals surface area contributed by atoms with Crippen LogP contribution < -0.4 is 0 Å². The molecule has 0 saturated heterocycles. The molecule has 1 N–H and O–H groups in total. The molecular weight excluding hydrogens is 227 g/mol. The first kappa shape index (κ1) is 13.5. The van der Waals surface area contributed by atoms with E-state index in [0.717, 1.165) is 25.7 Å². The van der Waals surface area contributed by atoms with Crippen LogP contribution in [0.25, 0.3) is 0 Å². The third kappa shape index (κ3) is 3.76. The molecule has 0 aromatic heterocycles. The van der Waals surface area contributed by atoms with E-state index in [-0.39, 0.29) is 5.56 Å². The van der Waals surface area contributed by atoms with Gasteiger partial charge < -0.3 is 5.11 Å². The predicted octanol–water partition coefficient (Wildman–Crippen LogP) is 4.48. The van der Waals surface area contributed by atoms with Gasteiger partial charge in [0.25, 0.3) is 0 Å². The minimum atomic E-state index is -0.787. The summed E-state index contributed by atoms with van der Waals surface area (Å²) in [6.45, 7) is 2.13. The zero-order valence-electron chi connectivity index (χ0n) is 9.55. The van der Waals surface area contributed by atoms with Gasteiger partial charge in [-0.1, -0.05) is 50.3 Å². The van der Waals surface area contributed by atoms with E-state index >= 15 is 0 Å². The molecular formula is C13H18ClFO. The van der Waals surface area contributed by atoms with Crippen LogP contribution in [0.1, 0.15) is 50.7 Å². The van der Waals surface area contributed by atoms with Gasteiger partial charge in [-0.25, -0.2) is 4.39 Å². The average Bonchev–Trinajstić information content (AvgIpc) is 2.24. The highest BCUT2D eigenvalue weighted by molar-refractivity contribution is 6.31. The van der Waals surface area contributed by atoms with E-state index in [2.05, 4.69) is 6.92 Å². The molecule has 0 radical (unpaired) electrons. The number of aliphatic hydroxyl groups excluding tert-OH is 1. The molecule has 0 heterocycles. The van der Waals surface area contributed by atoms with E-state index in [4.69, 9.17) is 11.6 Å². The highest BCUT2D eigenvalue weighted by Gasteiger charge is 2.15. The Kier molecular flexibility index (Phi) is 5.78. The van der Waals surface area contributed by atoms with Crippen molar-refractivity contribution in [2.75, 3.05) is 0 Å². The summed E-state index contributed by atoms with van der Waals surface area (Å²) < 4.78 is 13.4. The standard InChI is InChI=1S/C13H18ClFO/c1-2-3-4-5-9-12(16)13-10(14)7-6-8-11(13)15/h6-8,12,16H,2-5,9H2,1H3. The lowest BCUT2D eigenvalue weighted by Gasteiger charge is -2.13. The third-order valence-electron chi connectivity index (χ3n) is 2.66. The summed E-state index contributed by atoms with van der Waals surface area (Å²) >= 11 is 5.86. The zero-order chi connectivity index (χ0) is 12.0. The van der Waals surface area contributed by atoms with Crippen molar-refractivity contribution in [3.8, 4) is 0 Å². The zero-order valence-corrected chi connectivity index (χ0v) is 10.3. The van der Waals surface area contributed by atoms with Crippen LogP contribution in [0.5, 0.6) is 0 Å². The van der Waals surface area contributed by atoms with E-state index in [1.54, 1.807) is 12.1 Å². The van der Waals surface area contributed by atoms with Gasteiger partial charge >= 0.3 is 0 Å². The summed E-state index contributed by atoms with van der Waals surface area (Å²) in [6, 6.07) is 4.48. The average molecular weight is 245 g/mol. The van der Waals surface area contributed by atoms with E-state index < -0.39 is 11.9 Å². The maximum atomic E-state index is 13.4. The molecule has 0 bridgehead atoms. The number of hydrogen-bond acceptors (Lipinski definition) is 1. The molecule has 90 valence electrons. The number of aliphatic hydroxyl groups is 1. The first-order chi connectivity index (χ1) is 7.66. The minimum absolute atomic E-state index is 0.237. The van der Waals surface area contributed by atoms with Crippen LogP contribution in [-0.4, -0.2) is 5.11 Å². The Morgan fingerprint density at radius 1 is 1.31 bits per heavy atom. The molecule has 3 heteroatoms. The monoisotopic (exact) mass is 244 g/mol. The molecule has 1 unspecified atom stereocenters. The first-order valence-corrected chi connectivity index (χ1v) is 6.16.